The highest BCUT2D eigenvalue weighted by Crippen LogP contribution is 2.63. The predicted octanol–water partition coefficient (Wildman–Crippen LogP) is 9.35. The number of fused-ring (bicyclic) bond motifs is 4. The van der Waals surface area contributed by atoms with Gasteiger partial charge in [0.25, 0.3) is 0 Å². The van der Waals surface area contributed by atoms with E-state index in [1.807, 2.05) is 117 Å². The van der Waals surface area contributed by atoms with E-state index in [1.165, 1.54) is 0 Å². The lowest BCUT2D eigenvalue weighted by Gasteiger charge is -2.34. The lowest BCUT2D eigenvalue weighted by Crippen LogP contribution is -2.34. The third kappa shape index (κ3) is 5.04. The van der Waals surface area contributed by atoms with Crippen LogP contribution in [-0.4, -0.2) is 17.5 Å². The van der Waals surface area contributed by atoms with Gasteiger partial charge in [0.1, 0.15) is 5.76 Å². The van der Waals surface area contributed by atoms with Gasteiger partial charge >= 0.3 is 5.97 Å². The smallest absolute Gasteiger partial charge is 0.315 e. The van der Waals surface area contributed by atoms with Gasteiger partial charge in [0.05, 0.1) is 5.92 Å². The van der Waals surface area contributed by atoms with Crippen LogP contribution in [0.25, 0.3) is 5.76 Å². The molecule has 5 aromatic rings. The predicted molar refractivity (Wildman–Crippen MR) is 187 cm³/mol. The van der Waals surface area contributed by atoms with Gasteiger partial charge in [-0.25, -0.2) is 0 Å². The molecule has 1 aliphatic heterocycles. The van der Waals surface area contributed by atoms with Crippen molar-refractivity contribution in [3.8, 4) is 0 Å². The Labute approximate surface area is 281 Å². The van der Waals surface area contributed by atoms with Crippen molar-refractivity contribution < 1.29 is 19.1 Å². The van der Waals surface area contributed by atoms with E-state index in [0.29, 0.717) is 16.9 Å². The zero-order chi connectivity index (χ0) is 32.9. The zero-order valence-electron chi connectivity index (χ0n) is 27.0. The number of carbonyl (C=O) groups excluding carboxylic acids is 3. The Kier molecular flexibility index (Phi) is 7.52. The van der Waals surface area contributed by atoms with Crippen molar-refractivity contribution >= 4 is 23.3 Å². The molecule has 0 radical (unpaired) electrons. The molecule has 4 heteroatoms. The number of Topliss-reactive ketones (excluding diaryl/α,β-unsaturated/α-hetero) is 2. The third-order valence-corrected chi connectivity index (χ3v) is 10.7. The monoisotopic (exact) mass is 628 g/mol. The molecule has 0 aromatic heterocycles. The third-order valence-electron chi connectivity index (χ3n) is 10.7. The van der Waals surface area contributed by atoms with Gasteiger partial charge in [0.15, 0.2) is 11.6 Å². The van der Waals surface area contributed by atoms with Gasteiger partial charge in [-0.15, -0.1) is 0 Å². The van der Waals surface area contributed by atoms with E-state index in [9.17, 15) is 14.4 Å². The molecule has 1 unspecified atom stereocenters. The lowest BCUT2D eigenvalue weighted by atomic mass is 9.68. The molecule has 3 aliphatic rings. The average Bonchev–Trinajstić information content (AvgIpc) is 3.61. The minimum Gasteiger partial charge on any atom is -0.426 e. The summed E-state index contributed by atoms with van der Waals surface area (Å²) >= 11 is 0. The van der Waals surface area contributed by atoms with Crippen molar-refractivity contribution in [2.24, 2.45) is 11.8 Å². The quantitative estimate of drug-likeness (QED) is 0.133. The molecule has 236 valence electrons. The second kappa shape index (κ2) is 12.0. The molecule has 8 rings (SSSR count). The summed E-state index contributed by atoms with van der Waals surface area (Å²) in [6, 6.07) is 41.6. The topological polar surface area (TPSA) is 60.4 Å². The van der Waals surface area contributed by atoms with Gasteiger partial charge in [-0.1, -0.05) is 139 Å². The van der Waals surface area contributed by atoms with Gasteiger partial charge in [0.2, 0.25) is 0 Å². The molecule has 4 nitrogen and oxygen atoms in total. The number of hydrogen-bond donors (Lipinski definition) is 0. The van der Waals surface area contributed by atoms with Crippen LogP contribution in [0.4, 0.5) is 0 Å². The Morgan fingerprint density at radius 3 is 1.77 bits per heavy atom. The van der Waals surface area contributed by atoms with E-state index in [4.69, 9.17) is 4.74 Å². The number of rotatable bonds is 7. The Morgan fingerprint density at radius 2 is 1.12 bits per heavy atom. The van der Waals surface area contributed by atoms with Crippen LogP contribution in [0.15, 0.2) is 133 Å². The summed E-state index contributed by atoms with van der Waals surface area (Å²) in [6.45, 7) is 4.01. The highest BCUT2D eigenvalue weighted by Gasteiger charge is 2.57. The highest BCUT2D eigenvalue weighted by molar-refractivity contribution is 6.02. The average molecular weight is 629 g/mol. The highest BCUT2D eigenvalue weighted by atomic mass is 16.5. The van der Waals surface area contributed by atoms with Crippen LogP contribution < -0.4 is 0 Å². The maximum atomic E-state index is 14.9. The first-order valence-electron chi connectivity index (χ1n) is 16.8. The van der Waals surface area contributed by atoms with Gasteiger partial charge in [-0.3, -0.25) is 14.4 Å². The van der Waals surface area contributed by atoms with Crippen molar-refractivity contribution in [1.29, 1.82) is 0 Å². The van der Waals surface area contributed by atoms with Crippen molar-refractivity contribution in [3.63, 3.8) is 0 Å². The second-order valence-corrected chi connectivity index (χ2v) is 13.5. The Bertz CT molecular complexity index is 2070. The number of cyclic esters (lactones) is 1. The molecule has 5 aromatic carbocycles. The summed E-state index contributed by atoms with van der Waals surface area (Å²) in [5.41, 5.74) is 8.50. The van der Waals surface area contributed by atoms with E-state index in [1.54, 1.807) is 0 Å². The molecule has 0 saturated heterocycles. The van der Waals surface area contributed by atoms with Crippen molar-refractivity contribution in [3.05, 3.63) is 184 Å². The first kappa shape index (κ1) is 30.0. The molecule has 1 heterocycles. The van der Waals surface area contributed by atoms with Gasteiger partial charge in [-0.05, 0) is 42.2 Å². The summed E-state index contributed by atoms with van der Waals surface area (Å²) in [4.78, 5) is 43.1. The largest absolute Gasteiger partial charge is 0.426 e. The molecule has 0 bridgehead atoms. The first-order chi connectivity index (χ1) is 23.4. The molecule has 0 amide bonds. The number of benzene rings is 5. The van der Waals surface area contributed by atoms with Crippen molar-refractivity contribution in [2.75, 3.05) is 0 Å². The summed E-state index contributed by atoms with van der Waals surface area (Å²) in [6.07, 6.45) is 2.29. The minimum absolute atomic E-state index is 0.00327. The number of allylic oxidation sites excluding steroid dienone is 1. The summed E-state index contributed by atoms with van der Waals surface area (Å²) in [7, 11) is 0. The molecule has 0 fully saturated rings. The SMILES string of the molecule is Cc1ccc(C(=O)C[C@H]2c3ccccc3C([C@@H]3c4ccccc4[C@H]4C=C(c5ccccc5)OC(=O)[C@H]43)[C@H]2C(=O)c2ccc(C)cc2)cc1. The fourth-order valence-electron chi connectivity index (χ4n) is 8.52. The molecule has 0 spiro atoms. The fraction of sp³-hybridized carbons (Fsp3) is 0.205. The van der Waals surface area contributed by atoms with E-state index in [2.05, 4.69) is 30.3 Å². The van der Waals surface area contributed by atoms with E-state index in [-0.39, 0.29) is 47.6 Å². The van der Waals surface area contributed by atoms with E-state index >= 15 is 0 Å². The number of ketones is 2. The van der Waals surface area contributed by atoms with Crippen LogP contribution in [0.1, 0.15) is 89.8 Å². The van der Waals surface area contributed by atoms with Crippen LogP contribution in [-0.2, 0) is 9.53 Å². The van der Waals surface area contributed by atoms with E-state index < -0.39 is 11.8 Å². The molecule has 0 N–H and O–H groups in total. The maximum Gasteiger partial charge on any atom is 0.315 e. The van der Waals surface area contributed by atoms with Crippen LogP contribution >= 0.6 is 0 Å². The number of esters is 1. The van der Waals surface area contributed by atoms with Crippen LogP contribution in [0, 0.1) is 25.7 Å². The van der Waals surface area contributed by atoms with Crippen LogP contribution in [0.3, 0.4) is 0 Å². The molecular formula is C44H36O4. The second-order valence-electron chi connectivity index (χ2n) is 13.5. The number of aryl methyl sites for hydroxylation is 2. The van der Waals surface area contributed by atoms with Gasteiger partial charge < -0.3 is 4.74 Å². The molecule has 0 saturated carbocycles. The summed E-state index contributed by atoms with van der Waals surface area (Å²) < 4.78 is 6.13. The molecular weight excluding hydrogens is 592 g/mol. The number of hydrogen-bond acceptors (Lipinski definition) is 4. The van der Waals surface area contributed by atoms with Gasteiger partial charge in [-0.2, -0.15) is 0 Å². The minimum atomic E-state index is -0.552. The summed E-state index contributed by atoms with van der Waals surface area (Å²) in [5, 5.41) is 0. The van der Waals surface area contributed by atoms with Crippen molar-refractivity contribution in [2.45, 2.75) is 43.9 Å². The molecule has 6 atom stereocenters. The maximum absolute atomic E-state index is 14.9. The van der Waals surface area contributed by atoms with Crippen LogP contribution in [0.5, 0.6) is 0 Å². The Morgan fingerprint density at radius 1 is 0.583 bits per heavy atom. The molecule has 2 aliphatic carbocycles. The Balaban J connectivity index is 1.28. The van der Waals surface area contributed by atoms with Crippen LogP contribution in [0.2, 0.25) is 0 Å². The first-order valence-corrected chi connectivity index (χ1v) is 16.8. The van der Waals surface area contributed by atoms with Crippen molar-refractivity contribution in [1.82, 2.24) is 0 Å². The Hall–Kier alpha value is -5.35. The summed E-state index contributed by atoms with van der Waals surface area (Å²) in [5.74, 6) is -1.95. The fourth-order valence-corrected chi connectivity index (χ4v) is 8.52. The number of carbonyl (C=O) groups is 3. The zero-order valence-corrected chi connectivity index (χ0v) is 27.0. The number of ether oxygens (including phenoxy) is 1. The van der Waals surface area contributed by atoms with Gasteiger partial charge in [0, 0.05) is 52.7 Å². The standard InChI is InChI=1S/C44H36O4/c1-26-16-20-28(21-17-26)37(45)24-35-31-12-6-8-14-33(31)39(41(35)43(46)30-22-18-27(2)19-23-30)40-34-15-9-7-13-32(34)36-25-38(48-44(47)42(36)40)29-10-4-3-5-11-29/h3-23,25,35-36,39-42H,24H2,1-2H3/t35-,36+,39?,40-,41-,42+/m0/s1. The normalized spacial score (nSPS) is 23.8. The van der Waals surface area contributed by atoms with E-state index in [0.717, 1.165) is 38.9 Å². The lowest BCUT2D eigenvalue weighted by molar-refractivity contribution is -0.143. The molecule has 48 heavy (non-hydrogen) atoms.